The van der Waals surface area contributed by atoms with Gasteiger partial charge in [-0.15, -0.1) is 0 Å². The van der Waals surface area contributed by atoms with E-state index in [0.717, 1.165) is 21.8 Å². The zero-order valence-corrected chi connectivity index (χ0v) is 11.5. The van der Waals surface area contributed by atoms with Crippen molar-refractivity contribution in [3.05, 3.63) is 46.8 Å². The molecule has 0 aliphatic rings. The summed E-state index contributed by atoms with van der Waals surface area (Å²) in [5, 5.41) is 18.8. The Morgan fingerprint density at radius 3 is 2.47 bits per heavy atom. The van der Waals surface area contributed by atoms with Gasteiger partial charge in [0, 0.05) is 16.3 Å². The summed E-state index contributed by atoms with van der Waals surface area (Å²) in [6.45, 7) is 3.76. The molecule has 0 spiro atoms. The Morgan fingerprint density at radius 2 is 1.89 bits per heavy atom. The van der Waals surface area contributed by atoms with Crippen molar-refractivity contribution < 1.29 is 5.11 Å². The first kappa shape index (κ1) is 13.5. The molecule has 5 heteroatoms. The van der Waals surface area contributed by atoms with E-state index in [-0.39, 0.29) is 6.61 Å². The highest BCUT2D eigenvalue weighted by atomic mass is 32.2. The molecule has 2 aromatic rings. The molecule has 2 rings (SSSR count). The van der Waals surface area contributed by atoms with E-state index in [1.165, 1.54) is 11.8 Å². The third-order valence-corrected chi connectivity index (χ3v) is 3.45. The van der Waals surface area contributed by atoms with E-state index in [1.54, 1.807) is 12.1 Å². The Kier molecular flexibility index (Phi) is 4.15. The van der Waals surface area contributed by atoms with Gasteiger partial charge < -0.3 is 5.11 Å². The first-order valence-corrected chi connectivity index (χ1v) is 6.58. The minimum atomic E-state index is -0.0698. The molecule has 4 nitrogen and oxygen atoms in total. The van der Waals surface area contributed by atoms with Crippen molar-refractivity contribution in [2.75, 3.05) is 0 Å². The van der Waals surface area contributed by atoms with E-state index in [2.05, 4.69) is 16.0 Å². The average molecular weight is 271 g/mol. The monoisotopic (exact) mass is 271 g/mol. The van der Waals surface area contributed by atoms with Gasteiger partial charge in [0.1, 0.15) is 6.07 Å². The van der Waals surface area contributed by atoms with Crippen LogP contribution in [-0.2, 0) is 6.61 Å². The SMILES string of the molecule is Cc1cc(C)nc(Sc2ccc(CO)cc2C#N)n1. The summed E-state index contributed by atoms with van der Waals surface area (Å²) < 4.78 is 0. The number of aliphatic hydroxyl groups is 1. The van der Waals surface area contributed by atoms with Crippen molar-refractivity contribution in [3.63, 3.8) is 0 Å². The Labute approximate surface area is 116 Å². The van der Waals surface area contributed by atoms with E-state index in [0.29, 0.717) is 10.7 Å². The van der Waals surface area contributed by atoms with Crippen molar-refractivity contribution in [2.24, 2.45) is 0 Å². The van der Waals surface area contributed by atoms with Gasteiger partial charge >= 0.3 is 0 Å². The lowest BCUT2D eigenvalue weighted by Gasteiger charge is -2.06. The topological polar surface area (TPSA) is 69.8 Å². The summed E-state index contributed by atoms with van der Waals surface area (Å²) in [6, 6.07) is 9.34. The Hall–Kier alpha value is -1.90. The van der Waals surface area contributed by atoms with Crippen LogP contribution in [0.5, 0.6) is 0 Å². The number of hydrogen-bond acceptors (Lipinski definition) is 5. The van der Waals surface area contributed by atoms with Crippen LogP contribution in [-0.4, -0.2) is 15.1 Å². The van der Waals surface area contributed by atoms with Gasteiger partial charge in [-0.25, -0.2) is 9.97 Å². The van der Waals surface area contributed by atoms with Crippen molar-refractivity contribution >= 4 is 11.8 Å². The maximum Gasteiger partial charge on any atom is 0.192 e. The molecule has 1 heterocycles. The minimum absolute atomic E-state index is 0.0698. The fourth-order valence-electron chi connectivity index (χ4n) is 1.69. The third kappa shape index (κ3) is 3.31. The summed E-state index contributed by atoms with van der Waals surface area (Å²) in [4.78, 5) is 9.48. The molecular weight excluding hydrogens is 258 g/mol. The minimum Gasteiger partial charge on any atom is -0.392 e. The standard InChI is InChI=1S/C14H13N3OS/c1-9-5-10(2)17-14(16-9)19-13-4-3-11(8-18)6-12(13)7-15/h3-6,18H,8H2,1-2H3. The Balaban J connectivity index is 2.35. The van der Waals surface area contributed by atoms with Crippen LogP contribution in [0.3, 0.4) is 0 Å². The van der Waals surface area contributed by atoms with Crippen LogP contribution in [0.25, 0.3) is 0 Å². The number of benzene rings is 1. The fraction of sp³-hybridized carbons (Fsp3) is 0.214. The second kappa shape index (κ2) is 5.83. The van der Waals surface area contributed by atoms with E-state index < -0.39 is 0 Å². The summed E-state index contributed by atoms with van der Waals surface area (Å²) >= 11 is 1.36. The summed E-state index contributed by atoms with van der Waals surface area (Å²) in [5.41, 5.74) is 3.06. The van der Waals surface area contributed by atoms with Gasteiger partial charge in [0.2, 0.25) is 0 Å². The van der Waals surface area contributed by atoms with Crippen LogP contribution in [0.2, 0.25) is 0 Å². The first-order chi connectivity index (χ1) is 9.12. The molecule has 19 heavy (non-hydrogen) atoms. The molecule has 96 valence electrons. The van der Waals surface area contributed by atoms with Crippen molar-refractivity contribution in [1.29, 1.82) is 5.26 Å². The van der Waals surface area contributed by atoms with E-state index in [1.807, 2.05) is 26.0 Å². The van der Waals surface area contributed by atoms with Gasteiger partial charge in [0.15, 0.2) is 5.16 Å². The number of aromatic nitrogens is 2. The molecule has 0 saturated carbocycles. The maximum atomic E-state index is 9.14. The van der Waals surface area contributed by atoms with Gasteiger partial charge in [-0.05, 0) is 49.4 Å². The second-order valence-electron chi connectivity index (χ2n) is 4.14. The molecule has 0 bridgehead atoms. The highest BCUT2D eigenvalue weighted by Crippen LogP contribution is 2.28. The predicted molar refractivity (Wildman–Crippen MR) is 72.7 cm³/mol. The van der Waals surface area contributed by atoms with Gasteiger partial charge in [-0.3, -0.25) is 0 Å². The smallest absolute Gasteiger partial charge is 0.192 e. The van der Waals surface area contributed by atoms with Gasteiger partial charge in [0.25, 0.3) is 0 Å². The second-order valence-corrected chi connectivity index (χ2v) is 5.14. The number of hydrogen-bond donors (Lipinski definition) is 1. The molecule has 0 radical (unpaired) electrons. The van der Waals surface area contributed by atoms with Crippen molar-refractivity contribution in [3.8, 4) is 6.07 Å². The zero-order chi connectivity index (χ0) is 13.8. The van der Waals surface area contributed by atoms with Crippen molar-refractivity contribution in [2.45, 2.75) is 30.5 Å². The molecular formula is C14H13N3OS. The Morgan fingerprint density at radius 1 is 1.21 bits per heavy atom. The van der Waals surface area contributed by atoms with Gasteiger partial charge in [0.05, 0.1) is 12.2 Å². The zero-order valence-electron chi connectivity index (χ0n) is 10.7. The van der Waals surface area contributed by atoms with Crippen LogP contribution in [0.4, 0.5) is 0 Å². The molecule has 0 unspecified atom stereocenters. The van der Waals surface area contributed by atoms with E-state index in [4.69, 9.17) is 10.4 Å². The number of aryl methyl sites for hydroxylation is 2. The summed E-state index contributed by atoms with van der Waals surface area (Å²) in [5.74, 6) is 0. The lowest BCUT2D eigenvalue weighted by atomic mass is 10.1. The highest BCUT2D eigenvalue weighted by Gasteiger charge is 2.08. The maximum absolute atomic E-state index is 9.14. The molecule has 1 aromatic heterocycles. The molecule has 0 saturated heterocycles. The van der Waals surface area contributed by atoms with Gasteiger partial charge in [-0.2, -0.15) is 5.26 Å². The summed E-state index contributed by atoms with van der Waals surface area (Å²) in [6.07, 6.45) is 0. The molecule has 0 aliphatic heterocycles. The van der Waals surface area contributed by atoms with Gasteiger partial charge in [-0.1, -0.05) is 6.07 Å². The van der Waals surface area contributed by atoms with Crippen LogP contribution in [0, 0.1) is 25.2 Å². The lowest BCUT2D eigenvalue weighted by Crippen LogP contribution is -1.94. The van der Waals surface area contributed by atoms with Crippen molar-refractivity contribution in [1.82, 2.24) is 9.97 Å². The average Bonchev–Trinajstić information content (AvgIpc) is 2.38. The van der Waals surface area contributed by atoms with Crippen LogP contribution < -0.4 is 0 Å². The molecule has 1 aromatic carbocycles. The normalized spacial score (nSPS) is 10.2. The van der Waals surface area contributed by atoms with Crippen LogP contribution >= 0.6 is 11.8 Å². The molecule has 1 N–H and O–H groups in total. The number of rotatable bonds is 3. The third-order valence-electron chi connectivity index (χ3n) is 2.51. The first-order valence-electron chi connectivity index (χ1n) is 5.76. The molecule has 0 atom stereocenters. The number of nitrogens with zero attached hydrogens (tertiary/aromatic N) is 3. The highest BCUT2D eigenvalue weighted by molar-refractivity contribution is 7.99. The lowest BCUT2D eigenvalue weighted by molar-refractivity contribution is 0.281. The van der Waals surface area contributed by atoms with E-state index in [9.17, 15) is 0 Å². The van der Waals surface area contributed by atoms with Crippen LogP contribution in [0.1, 0.15) is 22.5 Å². The number of aliphatic hydroxyl groups excluding tert-OH is 1. The molecule has 0 aliphatic carbocycles. The molecule has 0 amide bonds. The molecule has 0 fully saturated rings. The summed E-state index contributed by atoms with van der Waals surface area (Å²) in [7, 11) is 0. The van der Waals surface area contributed by atoms with Crippen LogP contribution in [0.15, 0.2) is 34.3 Å². The van der Waals surface area contributed by atoms with E-state index >= 15 is 0 Å². The largest absolute Gasteiger partial charge is 0.392 e. The quantitative estimate of drug-likeness (QED) is 0.869. The predicted octanol–water partition coefficient (Wildman–Crippen LogP) is 2.61. The number of nitriles is 1. The fourth-order valence-corrected chi connectivity index (χ4v) is 2.62. The Bertz CT molecular complexity index is 629.